The molecule has 2 atom stereocenters. The predicted octanol–water partition coefficient (Wildman–Crippen LogP) is -0.0659. The molecule has 0 bridgehead atoms. The van der Waals surface area contributed by atoms with Crippen molar-refractivity contribution in [3.8, 4) is 0 Å². The highest BCUT2D eigenvalue weighted by atomic mass is 16.1. The number of carbonyl (C=O) groups excluding carboxylic acids is 1. The van der Waals surface area contributed by atoms with Gasteiger partial charge in [0, 0.05) is 12.6 Å². The van der Waals surface area contributed by atoms with E-state index in [-0.39, 0.29) is 5.91 Å². The fraction of sp³-hybridized carbons (Fsp3) is 0.909. The summed E-state index contributed by atoms with van der Waals surface area (Å²) in [6.07, 6.45) is 3.44. The molecular weight excluding hydrogens is 190 g/mol. The monoisotopic (exact) mass is 211 g/mol. The van der Waals surface area contributed by atoms with Crippen LogP contribution >= 0.6 is 0 Å². The Balaban J connectivity index is 2.00. The van der Waals surface area contributed by atoms with Crippen molar-refractivity contribution in [1.82, 2.24) is 10.2 Å². The summed E-state index contributed by atoms with van der Waals surface area (Å²) in [6, 6.07) is 0.434. The van der Waals surface area contributed by atoms with Gasteiger partial charge in [0.05, 0.1) is 0 Å². The number of hydrogen-bond acceptors (Lipinski definition) is 3. The molecule has 1 aliphatic carbocycles. The van der Waals surface area contributed by atoms with Crippen LogP contribution < -0.4 is 11.1 Å². The largest absolute Gasteiger partial charge is 0.368 e. The molecule has 0 aromatic rings. The van der Waals surface area contributed by atoms with Crippen molar-refractivity contribution in [2.75, 3.05) is 20.1 Å². The summed E-state index contributed by atoms with van der Waals surface area (Å²) in [6.45, 7) is 3.84. The Bertz CT molecular complexity index is 253. The van der Waals surface area contributed by atoms with Crippen molar-refractivity contribution >= 4 is 5.91 Å². The molecule has 2 rings (SSSR count). The van der Waals surface area contributed by atoms with Crippen LogP contribution in [0, 0.1) is 5.92 Å². The maximum atomic E-state index is 11.6. The molecule has 1 saturated carbocycles. The fourth-order valence-electron chi connectivity index (χ4n) is 2.36. The zero-order chi connectivity index (χ0) is 11.1. The van der Waals surface area contributed by atoms with Gasteiger partial charge in [-0.3, -0.25) is 4.79 Å². The highest BCUT2D eigenvalue weighted by Crippen LogP contribution is 2.31. The summed E-state index contributed by atoms with van der Waals surface area (Å²) in [5.41, 5.74) is 5.06. The van der Waals surface area contributed by atoms with E-state index in [1.54, 1.807) is 0 Å². The second-order valence-electron chi connectivity index (χ2n) is 5.24. The van der Waals surface area contributed by atoms with E-state index >= 15 is 0 Å². The lowest BCUT2D eigenvalue weighted by atomic mass is 9.95. The van der Waals surface area contributed by atoms with Gasteiger partial charge in [-0.05, 0) is 45.7 Å². The van der Waals surface area contributed by atoms with Crippen molar-refractivity contribution in [3.63, 3.8) is 0 Å². The van der Waals surface area contributed by atoms with Crippen LogP contribution in [0.25, 0.3) is 0 Å². The third-order valence-electron chi connectivity index (χ3n) is 3.81. The van der Waals surface area contributed by atoms with E-state index in [9.17, 15) is 4.79 Å². The summed E-state index contributed by atoms with van der Waals surface area (Å²) in [7, 11) is 2.05. The van der Waals surface area contributed by atoms with Crippen molar-refractivity contribution in [2.24, 2.45) is 11.7 Å². The number of nitrogens with zero attached hydrogens (tertiary/aromatic N) is 1. The molecule has 2 unspecified atom stereocenters. The molecule has 1 saturated heterocycles. The fourth-order valence-corrected chi connectivity index (χ4v) is 2.36. The first-order valence-electron chi connectivity index (χ1n) is 5.79. The zero-order valence-corrected chi connectivity index (χ0v) is 9.62. The second kappa shape index (κ2) is 3.76. The Hall–Kier alpha value is -0.610. The Morgan fingerprint density at radius 1 is 1.60 bits per heavy atom. The summed E-state index contributed by atoms with van der Waals surface area (Å²) >= 11 is 0. The van der Waals surface area contributed by atoms with E-state index in [4.69, 9.17) is 5.73 Å². The summed E-state index contributed by atoms with van der Waals surface area (Å²) in [5, 5.41) is 3.40. The Labute approximate surface area is 91.2 Å². The smallest absolute Gasteiger partial charge is 0.239 e. The molecule has 4 nitrogen and oxygen atoms in total. The number of amides is 1. The third-order valence-corrected chi connectivity index (χ3v) is 3.81. The molecule has 0 aromatic carbocycles. The molecule has 2 fully saturated rings. The van der Waals surface area contributed by atoms with Gasteiger partial charge in [0.25, 0.3) is 0 Å². The lowest BCUT2D eigenvalue weighted by Crippen LogP contribution is -2.57. The number of rotatable bonds is 4. The maximum Gasteiger partial charge on any atom is 0.239 e. The molecule has 3 N–H and O–H groups in total. The number of primary amides is 1. The number of hydrogen-bond donors (Lipinski definition) is 2. The highest BCUT2D eigenvalue weighted by molar-refractivity contribution is 5.85. The molecule has 1 aliphatic heterocycles. The molecule has 15 heavy (non-hydrogen) atoms. The molecular formula is C11H21N3O. The van der Waals surface area contributed by atoms with Crippen molar-refractivity contribution in [3.05, 3.63) is 0 Å². The van der Waals surface area contributed by atoms with Gasteiger partial charge in [0.1, 0.15) is 5.54 Å². The van der Waals surface area contributed by atoms with Gasteiger partial charge in [-0.2, -0.15) is 0 Å². The van der Waals surface area contributed by atoms with Crippen LogP contribution in [-0.4, -0.2) is 42.5 Å². The van der Waals surface area contributed by atoms with E-state index in [1.807, 2.05) is 7.05 Å². The van der Waals surface area contributed by atoms with E-state index in [1.165, 1.54) is 12.8 Å². The number of likely N-dealkylation sites (tertiary alicyclic amines) is 1. The van der Waals surface area contributed by atoms with Crippen LogP contribution in [0.3, 0.4) is 0 Å². The first-order chi connectivity index (χ1) is 7.03. The summed E-state index contributed by atoms with van der Waals surface area (Å²) in [5.74, 6) is 0.585. The van der Waals surface area contributed by atoms with Crippen LogP contribution in [0.4, 0.5) is 0 Å². The van der Waals surface area contributed by atoms with Gasteiger partial charge in [-0.1, -0.05) is 0 Å². The molecule has 1 amide bonds. The molecule has 2 aliphatic rings. The molecule has 0 radical (unpaired) electrons. The van der Waals surface area contributed by atoms with E-state index in [0.29, 0.717) is 6.04 Å². The van der Waals surface area contributed by atoms with Gasteiger partial charge in [0.15, 0.2) is 0 Å². The topological polar surface area (TPSA) is 58.4 Å². The summed E-state index contributed by atoms with van der Waals surface area (Å²) < 4.78 is 0. The van der Waals surface area contributed by atoms with Gasteiger partial charge in [-0.25, -0.2) is 0 Å². The summed E-state index contributed by atoms with van der Waals surface area (Å²) in [4.78, 5) is 13.8. The van der Waals surface area contributed by atoms with Crippen LogP contribution in [0.2, 0.25) is 0 Å². The zero-order valence-electron chi connectivity index (χ0n) is 9.62. The first-order valence-corrected chi connectivity index (χ1v) is 5.79. The number of nitrogens with one attached hydrogen (secondary N) is 1. The van der Waals surface area contributed by atoms with E-state index in [0.717, 1.165) is 25.4 Å². The number of nitrogens with two attached hydrogens (primary N) is 1. The minimum atomic E-state index is -0.475. The van der Waals surface area contributed by atoms with Gasteiger partial charge in [-0.15, -0.1) is 0 Å². The standard InChI is InChI=1S/C11H21N3O/c1-8-5-11(10(12)15,7-14(8)2)13-6-9-3-4-9/h8-9,13H,3-7H2,1-2H3,(H2,12,15). The molecule has 0 spiro atoms. The minimum Gasteiger partial charge on any atom is -0.368 e. The number of carbonyl (C=O) groups is 1. The highest BCUT2D eigenvalue weighted by Gasteiger charge is 2.45. The van der Waals surface area contributed by atoms with E-state index < -0.39 is 5.54 Å². The molecule has 86 valence electrons. The average Bonchev–Trinajstić information content (AvgIpc) is 2.92. The quantitative estimate of drug-likeness (QED) is 0.684. The Morgan fingerprint density at radius 2 is 2.27 bits per heavy atom. The van der Waals surface area contributed by atoms with Crippen LogP contribution in [0.15, 0.2) is 0 Å². The van der Waals surface area contributed by atoms with Crippen LogP contribution in [-0.2, 0) is 4.79 Å². The normalized spacial score (nSPS) is 37.1. The van der Waals surface area contributed by atoms with Crippen molar-refractivity contribution in [1.29, 1.82) is 0 Å². The van der Waals surface area contributed by atoms with Crippen LogP contribution in [0.5, 0.6) is 0 Å². The minimum absolute atomic E-state index is 0.195. The first kappa shape index (κ1) is 10.9. The SMILES string of the molecule is CC1CC(NCC2CC2)(C(N)=O)CN1C. The third kappa shape index (κ3) is 2.16. The predicted molar refractivity (Wildman–Crippen MR) is 59.4 cm³/mol. The van der Waals surface area contributed by atoms with Gasteiger partial charge < -0.3 is 16.0 Å². The molecule has 0 aromatic heterocycles. The van der Waals surface area contributed by atoms with Gasteiger partial charge in [0.2, 0.25) is 5.91 Å². The Morgan fingerprint density at radius 3 is 2.67 bits per heavy atom. The van der Waals surface area contributed by atoms with Crippen molar-refractivity contribution in [2.45, 2.75) is 37.8 Å². The lowest BCUT2D eigenvalue weighted by Gasteiger charge is -2.26. The maximum absolute atomic E-state index is 11.6. The average molecular weight is 211 g/mol. The van der Waals surface area contributed by atoms with Crippen molar-refractivity contribution < 1.29 is 4.79 Å². The number of likely N-dealkylation sites (N-methyl/N-ethyl adjacent to an activating group) is 1. The Kier molecular flexibility index (Phi) is 2.73. The second-order valence-corrected chi connectivity index (χ2v) is 5.24. The van der Waals surface area contributed by atoms with Crippen LogP contribution in [0.1, 0.15) is 26.2 Å². The molecule has 4 heteroatoms. The van der Waals surface area contributed by atoms with Gasteiger partial charge >= 0.3 is 0 Å². The van der Waals surface area contributed by atoms with E-state index in [2.05, 4.69) is 17.1 Å². The molecule has 1 heterocycles. The lowest BCUT2D eigenvalue weighted by molar-refractivity contribution is -0.124.